The second kappa shape index (κ2) is 24.6. The molecule has 0 aromatic rings. The standard InChI is InChI=1S/C18H34N2O2.C10H20N2O2/c19-17(21)13-9-5-3-1-2-4-6-10-14-18(22)20-15-11-7-8-12-16-20;11-9(13)7-5-3-1-2-4-6-8-10(12)14/h1-16H2,(H2,19,21);1-8H2,(H2,11,13)(H2,12,14). The molecule has 0 aromatic carbocycles. The van der Waals surface area contributed by atoms with E-state index in [1.807, 2.05) is 0 Å². The Labute approximate surface area is 219 Å². The molecule has 8 heteroatoms. The van der Waals surface area contributed by atoms with Crippen molar-refractivity contribution in [3.8, 4) is 0 Å². The van der Waals surface area contributed by atoms with E-state index >= 15 is 0 Å². The van der Waals surface area contributed by atoms with Crippen LogP contribution in [-0.4, -0.2) is 41.6 Å². The molecule has 1 fully saturated rings. The van der Waals surface area contributed by atoms with Crippen LogP contribution in [0.2, 0.25) is 0 Å². The van der Waals surface area contributed by atoms with Crippen molar-refractivity contribution in [2.24, 2.45) is 17.2 Å². The first kappa shape index (κ1) is 33.9. The van der Waals surface area contributed by atoms with E-state index in [9.17, 15) is 19.2 Å². The first-order valence-corrected chi connectivity index (χ1v) is 14.5. The van der Waals surface area contributed by atoms with Crippen molar-refractivity contribution in [1.82, 2.24) is 4.90 Å². The number of hydrogen-bond acceptors (Lipinski definition) is 4. The molecule has 1 saturated heterocycles. The average molecular weight is 511 g/mol. The first-order valence-electron chi connectivity index (χ1n) is 14.5. The SMILES string of the molecule is NC(=O)CCCCCCCCC(N)=O.NC(=O)CCCCCCCCCCC(=O)N1CCCCCC1. The summed E-state index contributed by atoms with van der Waals surface area (Å²) in [5.74, 6) is -0.264. The molecule has 1 aliphatic rings. The zero-order valence-corrected chi connectivity index (χ0v) is 22.8. The zero-order chi connectivity index (χ0) is 26.9. The molecule has 210 valence electrons. The van der Waals surface area contributed by atoms with Crippen molar-refractivity contribution in [3.63, 3.8) is 0 Å². The molecule has 0 atom stereocenters. The molecule has 8 nitrogen and oxygen atoms in total. The van der Waals surface area contributed by atoms with Gasteiger partial charge in [0.05, 0.1) is 0 Å². The quantitative estimate of drug-likeness (QED) is 0.201. The third-order valence-electron chi connectivity index (χ3n) is 6.62. The van der Waals surface area contributed by atoms with E-state index in [0.29, 0.717) is 25.2 Å². The zero-order valence-electron chi connectivity index (χ0n) is 22.8. The topological polar surface area (TPSA) is 150 Å². The Hall–Kier alpha value is -2.12. The number of carbonyl (C=O) groups excluding carboxylic acids is 4. The highest BCUT2D eigenvalue weighted by Crippen LogP contribution is 2.14. The molecule has 0 unspecified atom stereocenters. The van der Waals surface area contributed by atoms with Crippen LogP contribution in [0.25, 0.3) is 0 Å². The number of primary amides is 3. The van der Waals surface area contributed by atoms with Crippen LogP contribution in [0.5, 0.6) is 0 Å². The number of nitrogens with zero attached hydrogens (tertiary/aromatic N) is 1. The Morgan fingerprint density at radius 2 is 0.694 bits per heavy atom. The Morgan fingerprint density at radius 3 is 1.00 bits per heavy atom. The van der Waals surface area contributed by atoms with Gasteiger partial charge in [-0.3, -0.25) is 19.2 Å². The van der Waals surface area contributed by atoms with Gasteiger partial charge < -0.3 is 22.1 Å². The van der Waals surface area contributed by atoms with E-state index in [4.69, 9.17) is 17.2 Å². The lowest BCUT2D eigenvalue weighted by molar-refractivity contribution is -0.131. The maximum absolute atomic E-state index is 12.1. The van der Waals surface area contributed by atoms with Gasteiger partial charge in [-0.05, 0) is 38.5 Å². The van der Waals surface area contributed by atoms with Crippen molar-refractivity contribution in [3.05, 3.63) is 0 Å². The predicted molar refractivity (Wildman–Crippen MR) is 146 cm³/mol. The van der Waals surface area contributed by atoms with Crippen molar-refractivity contribution < 1.29 is 19.2 Å². The largest absolute Gasteiger partial charge is 0.370 e. The summed E-state index contributed by atoms with van der Waals surface area (Å²) in [7, 11) is 0. The van der Waals surface area contributed by atoms with Crippen molar-refractivity contribution in [2.45, 2.75) is 141 Å². The normalized spacial score (nSPS) is 13.4. The first-order chi connectivity index (χ1) is 17.3. The molecule has 0 saturated carbocycles. The summed E-state index contributed by atoms with van der Waals surface area (Å²) >= 11 is 0. The lowest BCUT2D eigenvalue weighted by Crippen LogP contribution is -2.31. The number of carbonyl (C=O) groups is 4. The van der Waals surface area contributed by atoms with Gasteiger partial charge in [-0.25, -0.2) is 0 Å². The van der Waals surface area contributed by atoms with Crippen LogP contribution in [0.15, 0.2) is 0 Å². The minimum Gasteiger partial charge on any atom is -0.370 e. The number of unbranched alkanes of at least 4 members (excludes halogenated alkanes) is 12. The van der Waals surface area contributed by atoms with E-state index in [1.165, 1.54) is 57.8 Å². The van der Waals surface area contributed by atoms with Crippen LogP contribution >= 0.6 is 0 Å². The van der Waals surface area contributed by atoms with Crippen molar-refractivity contribution in [2.75, 3.05) is 13.1 Å². The third-order valence-corrected chi connectivity index (χ3v) is 6.62. The number of amides is 4. The Kier molecular flexibility index (Phi) is 23.1. The lowest BCUT2D eigenvalue weighted by atomic mass is 10.1. The molecule has 36 heavy (non-hydrogen) atoms. The number of nitrogens with two attached hydrogens (primary N) is 3. The van der Waals surface area contributed by atoms with Crippen LogP contribution in [0.3, 0.4) is 0 Å². The highest BCUT2D eigenvalue weighted by Gasteiger charge is 2.14. The number of likely N-dealkylation sites (tertiary alicyclic amines) is 1. The second-order valence-electron chi connectivity index (χ2n) is 10.1. The average Bonchev–Trinajstić information content (AvgIpc) is 3.11. The van der Waals surface area contributed by atoms with E-state index in [-0.39, 0.29) is 17.7 Å². The molecule has 1 rings (SSSR count). The molecular formula is C28H54N4O4. The Balaban J connectivity index is 0.000000757. The molecule has 1 aliphatic heterocycles. The summed E-state index contributed by atoms with van der Waals surface area (Å²) in [5, 5.41) is 0. The second-order valence-corrected chi connectivity index (χ2v) is 10.1. The molecule has 1 heterocycles. The van der Waals surface area contributed by atoms with Crippen molar-refractivity contribution in [1.29, 1.82) is 0 Å². The van der Waals surface area contributed by atoms with E-state index in [0.717, 1.165) is 77.3 Å². The van der Waals surface area contributed by atoms with Crippen LogP contribution in [-0.2, 0) is 19.2 Å². The summed E-state index contributed by atoms with van der Waals surface area (Å²) < 4.78 is 0. The predicted octanol–water partition coefficient (Wildman–Crippen LogP) is 4.85. The van der Waals surface area contributed by atoms with Gasteiger partial charge in [0, 0.05) is 38.8 Å². The minimum atomic E-state index is -0.223. The fraction of sp³-hybridized carbons (Fsp3) is 0.857. The van der Waals surface area contributed by atoms with Gasteiger partial charge in [0.2, 0.25) is 23.6 Å². The van der Waals surface area contributed by atoms with Gasteiger partial charge in [0.25, 0.3) is 0 Å². The molecule has 6 N–H and O–H groups in total. The van der Waals surface area contributed by atoms with Crippen LogP contribution in [0.4, 0.5) is 0 Å². The van der Waals surface area contributed by atoms with E-state index < -0.39 is 0 Å². The summed E-state index contributed by atoms with van der Waals surface area (Å²) in [4.78, 5) is 45.5. The van der Waals surface area contributed by atoms with Gasteiger partial charge in [-0.15, -0.1) is 0 Å². The van der Waals surface area contributed by atoms with Gasteiger partial charge in [0.1, 0.15) is 0 Å². The summed E-state index contributed by atoms with van der Waals surface area (Å²) in [6.07, 6.45) is 22.4. The molecule has 0 spiro atoms. The molecule has 0 aromatic heterocycles. The van der Waals surface area contributed by atoms with Gasteiger partial charge in [-0.1, -0.05) is 77.0 Å². The smallest absolute Gasteiger partial charge is 0.222 e. The van der Waals surface area contributed by atoms with Gasteiger partial charge >= 0.3 is 0 Å². The summed E-state index contributed by atoms with van der Waals surface area (Å²) in [6, 6.07) is 0. The van der Waals surface area contributed by atoms with Crippen LogP contribution in [0, 0.1) is 0 Å². The highest BCUT2D eigenvalue weighted by molar-refractivity contribution is 5.76. The van der Waals surface area contributed by atoms with Crippen LogP contribution < -0.4 is 17.2 Å². The van der Waals surface area contributed by atoms with Gasteiger partial charge in [-0.2, -0.15) is 0 Å². The Bertz CT molecular complexity index is 570. The monoisotopic (exact) mass is 510 g/mol. The fourth-order valence-corrected chi connectivity index (χ4v) is 4.42. The van der Waals surface area contributed by atoms with E-state index in [2.05, 4.69) is 4.90 Å². The maximum Gasteiger partial charge on any atom is 0.222 e. The number of rotatable bonds is 20. The highest BCUT2D eigenvalue weighted by atomic mass is 16.2. The third kappa shape index (κ3) is 25.0. The maximum atomic E-state index is 12.1. The molecule has 0 bridgehead atoms. The molecular weight excluding hydrogens is 456 g/mol. The minimum absolute atomic E-state index is 0.186. The van der Waals surface area contributed by atoms with Crippen molar-refractivity contribution >= 4 is 23.6 Å². The van der Waals surface area contributed by atoms with E-state index in [1.54, 1.807) is 0 Å². The molecule has 4 amide bonds. The lowest BCUT2D eigenvalue weighted by Gasteiger charge is -2.20. The Morgan fingerprint density at radius 1 is 0.417 bits per heavy atom. The molecule has 0 radical (unpaired) electrons. The summed E-state index contributed by atoms with van der Waals surface area (Å²) in [6.45, 7) is 1.95. The fourth-order valence-electron chi connectivity index (χ4n) is 4.42. The number of hydrogen-bond donors (Lipinski definition) is 3. The van der Waals surface area contributed by atoms with Gasteiger partial charge in [0.15, 0.2) is 0 Å². The molecule has 0 aliphatic carbocycles. The van der Waals surface area contributed by atoms with Crippen LogP contribution in [0.1, 0.15) is 141 Å². The summed E-state index contributed by atoms with van der Waals surface area (Å²) in [5.41, 5.74) is 15.1.